The molecule has 0 aliphatic carbocycles. The first-order valence-electron chi connectivity index (χ1n) is 9.25. The van der Waals surface area contributed by atoms with Crippen LogP contribution in [-0.2, 0) is 4.79 Å². The molecule has 0 radical (unpaired) electrons. The Bertz CT molecular complexity index is 1250. The van der Waals surface area contributed by atoms with E-state index in [1.165, 1.54) is 0 Å². The van der Waals surface area contributed by atoms with Crippen LogP contribution in [0.4, 0.5) is 5.82 Å². The molecule has 0 saturated carbocycles. The lowest BCUT2D eigenvalue weighted by atomic mass is 10.0. The third-order valence-corrected chi connectivity index (χ3v) is 7.70. The number of anilines is 1. The van der Waals surface area contributed by atoms with Gasteiger partial charge in [0.05, 0.1) is 34.0 Å². The fourth-order valence-corrected chi connectivity index (χ4v) is 6.13. The summed E-state index contributed by atoms with van der Waals surface area (Å²) in [5, 5.41) is 8.46. The number of amides is 1. The van der Waals surface area contributed by atoms with Crippen molar-refractivity contribution in [2.45, 2.75) is 12.2 Å². The van der Waals surface area contributed by atoms with E-state index < -0.39 is 0 Å². The highest BCUT2D eigenvalue weighted by Gasteiger charge is 2.33. The molecule has 0 fully saturated rings. The Morgan fingerprint density at radius 1 is 1.27 bits per heavy atom. The zero-order chi connectivity index (χ0) is 20.8. The number of hydrogen-bond donors (Lipinski definition) is 1. The minimum atomic E-state index is -0.102. The molecule has 30 heavy (non-hydrogen) atoms. The highest BCUT2D eigenvalue weighted by atomic mass is 79.9. The molecule has 0 spiro atoms. The van der Waals surface area contributed by atoms with E-state index in [-0.39, 0.29) is 11.2 Å². The van der Waals surface area contributed by atoms with Gasteiger partial charge in [-0.15, -0.1) is 11.8 Å². The van der Waals surface area contributed by atoms with Crippen molar-refractivity contribution in [2.75, 3.05) is 18.2 Å². The van der Waals surface area contributed by atoms with Crippen molar-refractivity contribution >= 4 is 61.0 Å². The van der Waals surface area contributed by atoms with Crippen molar-refractivity contribution in [1.29, 1.82) is 0 Å². The van der Waals surface area contributed by atoms with Gasteiger partial charge in [0.25, 0.3) is 0 Å². The summed E-state index contributed by atoms with van der Waals surface area (Å²) >= 11 is 6.69. The Morgan fingerprint density at radius 3 is 2.90 bits per heavy atom. The van der Waals surface area contributed by atoms with Crippen molar-refractivity contribution in [2.24, 2.45) is 0 Å². The minimum Gasteiger partial charge on any atom is -0.496 e. The lowest BCUT2D eigenvalue weighted by Crippen LogP contribution is -2.15. The molecule has 9 heteroatoms. The molecule has 2 aromatic carbocycles. The molecule has 2 aromatic heterocycles. The Kier molecular flexibility index (Phi) is 5.04. The number of thiazole rings is 1. The van der Waals surface area contributed by atoms with Gasteiger partial charge in [-0.05, 0) is 37.3 Å². The maximum atomic E-state index is 12.6. The second kappa shape index (κ2) is 7.72. The third-order valence-electron chi connectivity index (χ3n) is 4.95. The van der Waals surface area contributed by atoms with Crippen molar-refractivity contribution in [3.05, 3.63) is 63.8 Å². The van der Waals surface area contributed by atoms with Crippen LogP contribution in [0.25, 0.3) is 15.3 Å². The summed E-state index contributed by atoms with van der Waals surface area (Å²) < 4.78 is 9.43. The number of ether oxygens (including phenoxy) is 1. The summed E-state index contributed by atoms with van der Waals surface area (Å²) in [6, 6.07) is 13.9. The van der Waals surface area contributed by atoms with E-state index >= 15 is 0 Å². The highest BCUT2D eigenvalue weighted by Crippen LogP contribution is 2.47. The number of aryl methyl sites for hydroxylation is 1. The SMILES string of the molecule is COc1ccc(Br)cc1[C@@H]1SCC(=O)Nc2c1c(C)nn2-c1nc2ccccc2s1. The molecule has 152 valence electrons. The highest BCUT2D eigenvalue weighted by molar-refractivity contribution is 9.10. The van der Waals surface area contributed by atoms with E-state index in [4.69, 9.17) is 14.8 Å². The average Bonchev–Trinajstić information content (AvgIpc) is 3.24. The van der Waals surface area contributed by atoms with Crippen molar-refractivity contribution in [1.82, 2.24) is 14.8 Å². The molecule has 1 aliphatic rings. The Hall–Kier alpha value is -2.36. The Labute approximate surface area is 189 Å². The van der Waals surface area contributed by atoms with Gasteiger partial charge in [-0.3, -0.25) is 4.79 Å². The van der Waals surface area contributed by atoms with Gasteiger partial charge in [0.1, 0.15) is 11.6 Å². The van der Waals surface area contributed by atoms with E-state index in [9.17, 15) is 4.79 Å². The van der Waals surface area contributed by atoms with Gasteiger partial charge in [-0.2, -0.15) is 9.78 Å². The lowest BCUT2D eigenvalue weighted by molar-refractivity contribution is -0.113. The van der Waals surface area contributed by atoms with Crippen LogP contribution < -0.4 is 10.1 Å². The fraction of sp³-hybridized carbons (Fsp3) is 0.190. The predicted molar refractivity (Wildman–Crippen MR) is 125 cm³/mol. The van der Waals surface area contributed by atoms with Crippen LogP contribution in [-0.4, -0.2) is 33.5 Å². The van der Waals surface area contributed by atoms with Crippen LogP contribution in [0, 0.1) is 6.92 Å². The second-order valence-electron chi connectivity index (χ2n) is 6.85. The Morgan fingerprint density at radius 2 is 2.10 bits per heavy atom. The van der Waals surface area contributed by atoms with Gasteiger partial charge in [-0.25, -0.2) is 4.98 Å². The van der Waals surface area contributed by atoms with Crippen molar-refractivity contribution in [3.63, 3.8) is 0 Å². The molecule has 1 amide bonds. The van der Waals surface area contributed by atoms with Crippen molar-refractivity contribution in [3.8, 4) is 10.9 Å². The van der Waals surface area contributed by atoms with Crippen LogP contribution in [0.15, 0.2) is 46.9 Å². The number of para-hydroxylation sites is 1. The third kappa shape index (κ3) is 3.30. The average molecular weight is 501 g/mol. The number of fused-ring (bicyclic) bond motifs is 2. The smallest absolute Gasteiger partial charge is 0.235 e. The normalized spacial score (nSPS) is 16.2. The number of nitrogens with zero attached hydrogens (tertiary/aromatic N) is 3. The number of hydrogen-bond acceptors (Lipinski definition) is 6. The standard InChI is InChI=1S/C21H17BrN4O2S2/c1-11-18-19(13-9-12(22)7-8-15(13)28-2)29-10-17(27)24-20(18)26(25-11)21-23-14-5-3-4-6-16(14)30-21/h3-9,19H,10H2,1-2H3,(H,24,27)/t19-/m0/s1. The predicted octanol–water partition coefficient (Wildman–Crippen LogP) is 5.34. The number of methoxy groups -OCH3 is 1. The number of rotatable bonds is 3. The Balaban J connectivity index is 1.71. The molecule has 0 unspecified atom stereocenters. The van der Waals surface area contributed by atoms with Gasteiger partial charge in [0, 0.05) is 15.6 Å². The minimum absolute atomic E-state index is 0.0556. The summed E-state index contributed by atoms with van der Waals surface area (Å²) in [4.78, 5) is 17.3. The molecule has 5 rings (SSSR count). The first-order valence-corrected chi connectivity index (χ1v) is 11.9. The molecule has 0 bridgehead atoms. The fourth-order valence-electron chi connectivity index (χ4n) is 3.63. The molecule has 3 heterocycles. The summed E-state index contributed by atoms with van der Waals surface area (Å²) in [6.07, 6.45) is 0. The zero-order valence-corrected chi connectivity index (χ0v) is 19.4. The topological polar surface area (TPSA) is 69.0 Å². The monoisotopic (exact) mass is 500 g/mol. The quantitative estimate of drug-likeness (QED) is 0.411. The van der Waals surface area contributed by atoms with E-state index in [1.54, 1.807) is 34.9 Å². The van der Waals surface area contributed by atoms with Gasteiger partial charge in [0.15, 0.2) is 0 Å². The van der Waals surface area contributed by atoms with Gasteiger partial charge in [-0.1, -0.05) is 39.4 Å². The largest absolute Gasteiger partial charge is 0.496 e. The number of halogens is 1. The first kappa shape index (κ1) is 19.6. The summed E-state index contributed by atoms with van der Waals surface area (Å²) in [7, 11) is 1.66. The maximum absolute atomic E-state index is 12.6. The van der Waals surface area contributed by atoms with Crippen molar-refractivity contribution < 1.29 is 9.53 Å². The van der Waals surface area contributed by atoms with Gasteiger partial charge in [0.2, 0.25) is 11.0 Å². The van der Waals surface area contributed by atoms with Crippen LogP contribution in [0.3, 0.4) is 0 Å². The number of benzene rings is 2. The molecule has 1 N–H and O–H groups in total. The number of carbonyl (C=O) groups excluding carboxylic acids is 1. The molecular weight excluding hydrogens is 484 g/mol. The van der Waals surface area contributed by atoms with Crippen LogP contribution in [0.1, 0.15) is 22.1 Å². The molecule has 1 aliphatic heterocycles. The van der Waals surface area contributed by atoms with Crippen LogP contribution >= 0.6 is 39.0 Å². The first-order chi connectivity index (χ1) is 14.5. The molecule has 4 aromatic rings. The molecule has 0 saturated heterocycles. The van der Waals surface area contributed by atoms with E-state index in [0.717, 1.165) is 42.4 Å². The van der Waals surface area contributed by atoms with E-state index in [1.807, 2.05) is 49.4 Å². The lowest BCUT2D eigenvalue weighted by Gasteiger charge is -2.18. The summed E-state index contributed by atoms with van der Waals surface area (Å²) in [5.41, 5.74) is 3.74. The van der Waals surface area contributed by atoms with Gasteiger partial charge < -0.3 is 10.1 Å². The number of aromatic nitrogens is 3. The van der Waals surface area contributed by atoms with Crippen LogP contribution in [0.5, 0.6) is 5.75 Å². The van der Waals surface area contributed by atoms with Crippen LogP contribution in [0.2, 0.25) is 0 Å². The van der Waals surface area contributed by atoms with Gasteiger partial charge >= 0.3 is 0 Å². The number of carbonyl (C=O) groups is 1. The number of nitrogens with one attached hydrogen (secondary N) is 1. The molecule has 6 nitrogen and oxygen atoms in total. The molecular formula is C21H17BrN4O2S2. The summed E-state index contributed by atoms with van der Waals surface area (Å²) in [5.74, 6) is 1.74. The second-order valence-corrected chi connectivity index (χ2v) is 9.87. The number of thioether (sulfide) groups is 1. The zero-order valence-electron chi connectivity index (χ0n) is 16.2. The van der Waals surface area contributed by atoms with E-state index in [2.05, 4.69) is 21.2 Å². The maximum Gasteiger partial charge on any atom is 0.235 e. The molecule has 1 atom stereocenters. The summed E-state index contributed by atoms with van der Waals surface area (Å²) in [6.45, 7) is 1.97. The van der Waals surface area contributed by atoms with E-state index in [0.29, 0.717) is 11.6 Å².